The minimum atomic E-state index is -0.103. The predicted octanol–water partition coefficient (Wildman–Crippen LogP) is 2.64. The fraction of sp³-hybridized carbons (Fsp3) is 0.600. The van der Waals surface area contributed by atoms with E-state index in [0.717, 1.165) is 30.7 Å². The summed E-state index contributed by atoms with van der Waals surface area (Å²) in [5, 5.41) is 4.23. The molecule has 4 aliphatic rings. The smallest absolute Gasteiger partial charge is 0.274 e. The van der Waals surface area contributed by atoms with E-state index in [9.17, 15) is 4.79 Å². The van der Waals surface area contributed by atoms with Gasteiger partial charge in [-0.15, -0.1) is 0 Å². The molecule has 6 rings (SSSR count). The first kappa shape index (κ1) is 16.1. The van der Waals surface area contributed by atoms with Crippen molar-refractivity contribution in [2.24, 2.45) is 5.92 Å². The summed E-state index contributed by atoms with van der Waals surface area (Å²) in [4.78, 5) is 22.1. The molecule has 6 heterocycles. The molecular formula is C20H26N4O2. The second-order valence-electron chi connectivity index (χ2n) is 7.92. The van der Waals surface area contributed by atoms with Gasteiger partial charge < -0.3 is 19.5 Å². The van der Waals surface area contributed by atoms with Crippen molar-refractivity contribution in [1.82, 2.24) is 15.2 Å². The number of aromatic nitrogens is 1. The minimum absolute atomic E-state index is 0.103. The highest BCUT2D eigenvalue weighted by Gasteiger charge is 2.35. The predicted molar refractivity (Wildman–Crippen MR) is 100 cm³/mol. The molecule has 4 fully saturated rings. The van der Waals surface area contributed by atoms with Crippen LogP contribution in [0.3, 0.4) is 0 Å². The molecule has 4 aliphatic heterocycles. The van der Waals surface area contributed by atoms with Gasteiger partial charge in [0, 0.05) is 37.3 Å². The Morgan fingerprint density at radius 1 is 1.15 bits per heavy atom. The second-order valence-corrected chi connectivity index (χ2v) is 7.92. The SMILES string of the molecule is O=C(N[C@H]1CN2CCC1CC2)c1nccc2c(N3CCCCC3)coc12. The molecule has 2 bridgehead atoms. The lowest BCUT2D eigenvalue weighted by molar-refractivity contribution is 0.0618. The number of pyridine rings is 1. The van der Waals surface area contributed by atoms with E-state index in [4.69, 9.17) is 4.42 Å². The van der Waals surface area contributed by atoms with Crippen LogP contribution < -0.4 is 10.2 Å². The topological polar surface area (TPSA) is 61.6 Å². The van der Waals surface area contributed by atoms with Crippen LogP contribution in [0.1, 0.15) is 42.6 Å². The normalized spacial score (nSPS) is 28.5. The number of fused-ring (bicyclic) bond motifs is 4. The summed E-state index contributed by atoms with van der Waals surface area (Å²) in [6.45, 7) is 5.41. The molecule has 138 valence electrons. The number of rotatable bonds is 3. The average molecular weight is 354 g/mol. The number of nitrogens with one attached hydrogen (secondary N) is 1. The molecule has 1 amide bonds. The third-order valence-corrected chi connectivity index (χ3v) is 6.35. The fourth-order valence-electron chi connectivity index (χ4n) is 4.85. The molecule has 26 heavy (non-hydrogen) atoms. The summed E-state index contributed by atoms with van der Waals surface area (Å²) in [7, 11) is 0. The Balaban J connectivity index is 1.40. The molecule has 6 heteroatoms. The molecule has 4 saturated heterocycles. The van der Waals surface area contributed by atoms with Gasteiger partial charge in [-0.2, -0.15) is 0 Å². The maximum Gasteiger partial charge on any atom is 0.274 e. The molecule has 0 aliphatic carbocycles. The van der Waals surface area contributed by atoms with Crippen molar-refractivity contribution in [3.63, 3.8) is 0 Å². The van der Waals surface area contributed by atoms with Crippen LogP contribution in [0.15, 0.2) is 22.9 Å². The second kappa shape index (κ2) is 6.58. The van der Waals surface area contributed by atoms with E-state index in [1.54, 1.807) is 12.5 Å². The molecule has 0 unspecified atom stereocenters. The zero-order chi connectivity index (χ0) is 17.5. The van der Waals surface area contributed by atoms with Crippen molar-refractivity contribution in [2.75, 3.05) is 37.6 Å². The maximum absolute atomic E-state index is 12.9. The Hall–Kier alpha value is -2.08. The largest absolute Gasteiger partial charge is 0.460 e. The van der Waals surface area contributed by atoms with Gasteiger partial charge in [0.2, 0.25) is 0 Å². The first-order valence-electron chi connectivity index (χ1n) is 9.94. The Morgan fingerprint density at radius 3 is 2.69 bits per heavy atom. The van der Waals surface area contributed by atoms with Crippen LogP contribution in [0.4, 0.5) is 5.69 Å². The van der Waals surface area contributed by atoms with Crippen LogP contribution in [0.5, 0.6) is 0 Å². The quantitative estimate of drug-likeness (QED) is 0.918. The van der Waals surface area contributed by atoms with Gasteiger partial charge in [0.15, 0.2) is 11.3 Å². The van der Waals surface area contributed by atoms with Crippen LogP contribution in [0, 0.1) is 5.92 Å². The van der Waals surface area contributed by atoms with Gasteiger partial charge in [-0.05, 0) is 57.2 Å². The zero-order valence-corrected chi connectivity index (χ0v) is 15.1. The van der Waals surface area contributed by atoms with Gasteiger partial charge in [0.05, 0.1) is 5.69 Å². The van der Waals surface area contributed by atoms with E-state index in [1.807, 2.05) is 6.07 Å². The van der Waals surface area contributed by atoms with E-state index in [-0.39, 0.29) is 11.9 Å². The summed E-state index contributed by atoms with van der Waals surface area (Å²) >= 11 is 0. The summed E-state index contributed by atoms with van der Waals surface area (Å²) in [6.07, 6.45) is 9.61. The van der Waals surface area contributed by atoms with Gasteiger partial charge in [-0.3, -0.25) is 4.79 Å². The molecule has 2 aromatic rings. The highest BCUT2D eigenvalue weighted by molar-refractivity contribution is 6.06. The highest BCUT2D eigenvalue weighted by Crippen LogP contribution is 2.33. The number of carbonyl (C=O) groups excluding carboxylic acids is 1. The van der Waals surface area contributed by atoms with Crippen molar-refractivity contribution in [2.45, 2.75) is 38.1 Å². The third kappa shape index (κ3) is 2.76. The molecular weight excluding hydrogens is 328 g/mol. The summed E-state index contributed by atoms with van der Waals surface area (Å²) in [5.74, 6) is 0.498. The van der Waals surface area contributed by atoms with Crippen LogP contribution in [-0.4, -0.2) is 54.6 Å². The van der Waals surface area contributed by atoms with E-state index in [0.29, 0.717) is 17.2 Å². The molecule has 0 radical (unpaired) electrons. The fourth-order valence-corrected chi connectivity index (χ4v) is 4.85. The van der Waals surface area contributed by atoms with Gasteiger partial charge in [0.1, 0.15) is 6.26 Å². The lowest BCUT2D eigenvalue weighted by Gasteiger charge is -2.44. The number of carbonyl (C=O) groups is 1. The Labute approximate surface area is 153 Å². The van der Waals surface area contributed by atoms with Gasteiger partial charge in [-0.1, -0.05) is 0 Å². The third-order valence-electron chi connectivity index (χ3n) is 6.35. The molecule has 0 saturated carbocycles. The molecule has 0 aromatic carbocycles. The lowest BCUT2D eigenvalue weighted by atomic mass is 9.84. The molecule has 1 N–H and O–H groups in total. The van der Waals surface area contributed by atoms with E-state index in [2.05, 4.69) is 20.1 Å². The monoisotopic (exact) mass is 354 g/mol. The maximum atomic E-state index is 12.9. The summed E-state index contributed by atoms with van der Waals surface area (Å²) < 4.78 is 5.83. The minimum Gasteiger partial charge on any atom is -0.460 e. The van der Waals surface area contributed by atoms with E-state index in [1.165, 1.54) is 45.2 Å². The molecule has 1 atom stereocenters. The van der Waals surface area contributed by atoms with E-state index >= 15 is 0 Å². The van der Waals surface area contributed by atoms with Gasteiger partial charge >= 0.3 is 0 Å². The van der Waals surface area contributed by atoms with Crippen molar-refractivity contribution < 1.29 is 9.21 Å². The molecule has 6 nitrogen and oxygen atoms in total. The summed E-state index contributed by atoms with van der Waals surface area (Å²) in [6, 6.07) is 2.20. The lowest BCUT2D eigenvalue weighted by Crippen LogP contribution is -2.57. The number of amides is 1. The van der Waals surface area contributed by atoms with Crippen molar-refractivity contribution in [3.05, 3.63) is 24.2 Å². The number of nitrogens with zero attached hydrogens (tertiary/aromatic N) is 3. The zero-order valence-electron chi connectivity index (χ0n) is 15.1. The van der Waals surface area contributed by atoms with Crippen molar-refractivity contribution in [1.29, 1.82) is 0 Å². The molecule has 0 spiro atoms. The number of furan rings is 1. The van der Waals surface area contributed by atoms with E-state index < -0.39 is 0 Å². The standard InChI is InChI=1S/C20H26N4O2/c25-20(22-16-12-23-10-5-14(16)6-11-23)18-19-15(4-7-21-18)17(13-26-19)24-8-2-1-3-9-24/h4,7,13-14,16H,1-3,5-6,8-12H2,(H,22,25)/t16-/m0/s1. The highest BCUT2D eigenvalue weighted by atomic mass is 16.3. The van der Waals surface area contributed by atoms with Crippen molar-refractivity contribution >= 4 is 22.6 Å². The van der Waals surface area contributed by atoms with Crippen LogP contribution in [0.2, 0.25) is 0 Å². The molecule has 2 aromatic heterocycles. The summed E-state index contributed by atoms with van der Waals surface area (Å²) in [5.41, 5.74) is 2.13. The Bertz CT molecular complexity index is 803. The van der Waals surface area contributed by atoms with Crippen LogP contribution >= 0.6 is 0 Å². The Kier molecular flexibility index (Phi) is 4.08. The van der Waals surface area contributed by atoms with Crippen LogP contribution in [-0.2, 0) is 0 Å². The number of anilines is 1. The number of hydrogen-bond donors (Lipinski definition) is 1. The average Bonchev–Trinajstić information content (AvgIpc) is 3.14. The first-order valence-corrected chi connectivity index (χ1v) is 9.94. The van der Waals surface area contributed by atoms with Gasteiger partial charge in [-0.25, -0.2) is 4.98 Å². The van der Waals surface area contributed by atoms with Gasteiger partial charge in [0.25, 0.3) is 5.91 Å². The van der Waals surface area contributed by atoms with Crippen LogP contribution in [0.25, 0.3) is 11.0 Å². The first-order chi connectivity index (χ1) is 12.8. The Morgan fingerprint density at radius 2 is 1.96 bits per heavy atom. The van der Waals surface area contributed by atoms with Crippen molar-refractivity contribution in [3.8, 4) is 0 Å². The number of piperidine rings is 4. The number of hydrogen-bond acceptors (Lipinski definition) is 5.